The molecule has 0 bridgehead atoms. The molecule has 0 atom stereocenters. The Morgan fingerprint density at radius 3 is 2.80 bits per heavy atom. The third kappa shape index (κ3) is 4.16. The van der Waals surface area contributed by atoms with Crippen molar-refractivity contribution in [2.45, 2.75) is 12.8 Å². The molecule has 0 aromatic carbocycles. The minimum Gasteiger partial charge on any atom is -0.358 e. The van der Waals surface area contributed by atoms with Crippen LogP contribution in [0.3, 0.4) is 0 Å². The predicted molar refractivity (Wildman–Crippen MR) is 78.5 cm³/mol. The van der Waals surface area contributed by atoms with Gasteiger partial charge in [0.1, 0.15) is 5.82 Å². The van der Waals surface area contributed by atoms with E-state index in [1.165, 1.54) is 0 Å². The lowest BCUT2D eigenvalue weighted by atomic mass is 9.96. The van der Waals surface area contributed by atoms with Crippen molar-refractivity contribution in [3.05, 3.63) is 18.6 Å². The van der Waals surface area contributed by atoms with Gasteiger partial charge in [0.15, 0.2) is 0 Å². The topological polar surface area (TPSA) is 61.4 Å². The van der Waals surface area contributed by atoms with Crippen LogP contribution < -0.4 is 10.2 Å². The van der Waals surface area contributed by atoms with Gasteiger partial charge >= 0.3 is 0 Å². The highest BCUT2D eigenvalue weighted by molar-refractivity contribution is 5.77. The smallest absolute Gasteiger partial charge is 0.233 e. The lowest BCUT2D eigenvalue weighted by molar-refractivity contribution is -0.122. The number of nitrogens with zero attached hydrogens (tertiary/aromatic N) is 4. The molecule has 6 nitrogen and oxygen atoms in total. The molecule has 1 aliphatic rings. The normalized spacial score (nSPS) is 16.9. The van der Waals surface area contributed by atoms with Gasteiger partial charge in [-0.25, -0.2) is 4.98 Å². The number of hydrogen-bond donors (Lipinski definition) is 1. The molecule has 0 aliphatic carbocycles. The standard InChI is InChI=1S/C14H23N5O/c1-15-14(20)11-19-7-3-12(4-8-19)10-18(2)13-9-16-5-6-17-13/h5-6,9,12H,3-4,7-8,10-11H2,1-2H3,(H,15,20). The Labute approximate surface area is 120 Å². The first-order valence-corrected chi connectivity index (χ1v) is 7.09. The van der Waals surface area contributed by atoms with Crippen LogP contribution in [0.25, 0.3) is 0 Å². The Bertz CT molecular complexity index is 417. The maximum atomic E-state index is 11.3. The number of anilines is 1. The summed E-state index contributed by atoms with van der Waals surface area (Å²) in [7, 11) is 3.74. The van der Waals surface area contributed by atoms with Crippen LogP contribution in [-0.2, 0) is 4.79 Å². The number of piperidine rings is 1. The van der Waals surface area contributed by atoms with Crippen molar-refractivity contribution in [1.82, 2.24) is 20.2 Å². The van der Waals surface area contributed by atoms with Gasteiger partial charge in [-0.05, 0) is 31.8 Å². The van der Waals surface area contributed by atoms with Crippen LogP contribution in [-0.4, -0.2) is 61.0 Å². The highest BCUT2D eigenvalue weighted by Crippen LogP contribution is 2.19. The van der Waals surface area contributed by atoms with Gasteiger partial charge in [-0.3, -0.25) is 14.7 Å². The van der Waals surface area contributed by atoms with Crippen molar-refractivity contribution in [2.24, 2.45) is 5.92 Å². The van der Waals surface area contributed by atoms with Gasteiger partial charge in [0.25, 0.3) is 0 Å². The molecule has 1 saturated heterocycles. The van der Waals surface area contributed by atoms with E-state index in [9.17, 15) is 4.79 Å². The maximum Gasteiger partial charge on any atom is 0.233 e. The van der Waals surface area contributed by atoms with Crippen LogP contribution >= 0.6 is 0 Å². The van der Waals surface area contributed by atoms with Gasteiger partial charge in [0.2, 0.25) is 5.91 Å². The van der Waals surface area contributed by atoms with Crippen molar-refractivity contribution in [3.63, 3.8) is 0 Å². The third-order valence-electron chi connectivity index (χ3n) is 3.83. The molecule has 1 aliphatic heterocycles. The van der Waals surface area contributed by atoms with Crippen molar-refractivity contribution in [1.29, 1.82) is 0 Å². The first-order valence-electron chi connectivity index (χ1n) is 7.09. The summed E-state index contributed by atoms with van der Waals surface area (Å²) in [6.45, 7) is 3.49. The minimum absolute atomic E-state index is 0.0973. The van der Waals surface area contributed by atoms with E-state index >= 15 is 0 Å². The summed E-state index contributed by atoms with van der Waals surface area (Å²) in [5, 5.41) is 2.67. The largest absolute Gasteiger partial charge is 0.358 e. The molecular weight excluding hydrogens is 254 g/mol. The van der Waals surface area contributed by atoms with Crippen LogP contribution in [0, 0.1) is 5.92 Å². The highest BCUT2D eigenvalue weighted by Gasteiger charge is 2.21. The molecule has 0 radical (unpaired) electrons. The number of likely N-dealkylation sites (tertiary alicyclic amines) is 1. The fraction of sp³-hybridized carbons (Fsp3) is 0.643. The molecule has 1 aromatic rings. The van der Waals surface area contributed by atoms with Crippen molar-refractivity contribution < 1.29 is 4.79 Å². The fourth-order valence-corrected chi connectivity index (χ4v) is 2.58. The Balaban J connectivity index is 1.76. The van der Waals surface area contributed by atoms with E-state index in [0.29, 0.717) is 12.5 Å². The highest BCUT2D eigenvalue weighted by atomic mass is 16.1. The summed E-state index contributed by atoms with van der Waals surface area (Å²) in [6, 6.07) is 0. The number of rotatable bonds is 5. The fourth-order valence-electron chi connectivity index (χ4n) is 2.58. The summed E-state index contributed by atoms with van der Waals surface area (Å²) in [5.74, 6) is 1.67. The Morgan fingerprint density at radius 2 is 2.20 bits per heavy atom. The quantitative estimate of drug-likeness (QED) is 0.842. The molecule has 110 valence electrons. The van der Waals surface area contributed by atoms with E-state index in [1.807, 2.05) is 0 Å². The second kappa shape index (κ2) is 7.19. The number of nitrogens with one attached hydrogen (secondary N) is 1. The number of hydrogen-bond acceptors (Lipinski definition) is 5. The summed E-state index contributed by atoms with van der Waals surface area (Å²) >= 11 is 0. The molecule has 2 heterocycles. The van der Waals surface area contributed by atoms with Gasteiger partial charge in [-0.15, -0.1) is 0 Å². The van der Waals surface area contributed by atoms with Crippen molar-refractivity contribution in [3.8, 4) is 0 Å². The third-order valence-corrected chi connectivity index (χ3v) is 3.83. The second-order valence-corrected chi connectivity index (χ2v) is 5.34. The molecule has 0 spiro atoms. The van der Waals surface area contributed by atoms with Crippen LogP contribution in [0.4, 0.5) is 5.82 Å². The van der Waals surface area contributed by atoms with Crippen LogP contribution in [0.15, 0.2) is 18.6 Å². The zero-order valence-corrected chi connectivity index (χ0v) is 12.2. The number of carbonyl (C=O) groups excluding carboxylic acids is 1. The van der Waals surface area contributed by atoms with Crippen molar-refractivity contribution >= 4 is 11.7 Å². The van der Waals surface area contributed by atoms with E-state index in [4.69, 9.17) is 0 Å². The van der Waals surface area contributed by atoms with E-state index < -0.39 is 0 Å². The average molecular weight is 277 g/mol. The SMILES string of the molecule is CNC(=O)CN1CCC(CN(C)c2cnccn2)CC1. The van der Waals surface area contributed by atoms with Crippen LogP contribution in [0.2, 0.25) is 0 Å². The molecule has 0 unspecified atom stereocenters. The predicted octanol–water partition coefficient (Wildman–Crippen LogP) is 0.371. The Hall–Kier alpha value is -1.69. The van der Waals surface area contributed by atoms with Gasteiger partial charge in [-0.2, -0.15) is 0 Å². The molecule has 1 amide bonds. The number of likely N-dealkylation sites (N-methyl/N-ethyl adjacent to an activating group) is 1. The van der Waals surface area contributed by atoms with Gasteiger partial charge in [0.05, 0.1) is 12.7 Å². The molecule has 1 N–H and O–H groups in total. The van der Waals surface area contributed by atoms with Crippen LogP contribution in [0.1, 0.15) is 12.8 Å². The summed E-state index contributed by atoms with van der Waals surface area (Å²) in [6.07, 6.45) is 7.45. The summed E-state index contributed by atoms with van der Waals surface area (Å²) < 4.78 is 0. The Kier molecular flexibility index (Phi) is 5.29. The summed E-state index contributed by atoms with van der Waals surface area (Å²) in [5.41, 5.74) is 0. The number of amides is 1. The Morgan fingerprint density at radius 1 is 1.45 bits per heavy atom. The summed E-state index contributed by atoms with van der Waals surface area (Å²) in [4.78, 5) is 24.1. The molecule has 0 saturated carbocycles. The number of carbonyl (C=O) groups is 1. The zero-order chi connectivity index (χ0) is 14.4. The second-order valence-electron chi connectivity index (χ2n) is 5.34. The first-order chi connectivity index (χ1) is 9.69. The molecule has 1 aromatic heterocycles. The molecular formula is C14H23N5O. The molecule has 6 heteroatoms. The number of aromatic nitrogens is 2. The minimum atomic E-state index is 0.0973. The lowest BCUT2D eigenvalue weighted by Crippen LogP contribution is -2.42. The maximum absolute atomic E-state index is 11.3. The first kappa shape index (κ1) is 14.7. The van der Waals surface area contributed by atoms with Crippen molar-refractivity contribution in [2.75, 3.05) is 45.2 Å². The van der Waals surface area contributed by atoms with E-state index in [0.717, 1.165) is 38.3 Å². The molecule has 1 fully saturated rings. The van der Waals surface area contributed by atoms with E-state index in [2.05, 4.69) is 32.1 Å². The monoisotopic (exact) mass is 277 g/mol. The van der Waals surface area contributed by atoms with Crippen LogP contribution in [0.5, 0.6) is 0 Å². The molecule has 20 heavy (non-hydrogen) atoms. The van der Waals surface area contributed by atoms with Gasteiger partial charge < -0.3 is 10.2 Å². The lowest BCUT2D eigenvalue weighted by Gasteiger charge is -2.33. The van der Waals surface area contributed by atoms with E-state index in [-0.39, 0.29) is 5.91 Å². The van der Waals surface area contributed by atoms with E-state index in [1.54, 1.807) is 25.6 Å². The average Bonchev–Trinajstić information content (AvgIpc) is 2.50. The van der Waals surface area contributed by atoms with Gasteiger partial charge in [0, 0.05) is 33.0 Å². The van der Waals surface area contributed by atoms with Gasteiger partial charge in [-0.1, -0.05) is 0 Å². The zero-order valence-electron chi connectivity index (χ0n) is 12.2. The molecule has 2 rings (SSSR count).